The molecule has 1 aromatic heterocycles. The van der Waals surface area contributed by atoms with Crippen LogP contribution in [0.15, 0.2) is 29.1 Å². The topological polar surface area (TPSA) is 71.2 Å². The standard InChI is InChI=1S/C15H20N4OS/c1-11-13(16)4-3-5-14(11)18-15(20)6-7-19(2)8-12-9-21-10-17-12/h3-5,9-10H,6-8,16H2,1-2H3,(H,18,20). The molecule has 1 amide bonds. The van der Waals surface area contributed by atoms with Crippen LogP contribution in [0.3, 0.4) is 0 Å². The van der Waals surface area contributed by atoms with Crippen molar-refractivity contribution in [2.45, 2.75) is 19.9 Å². The molecule has 0 saturated carbocycles. The maximum Gasteiger partial charge on any atom is 0.225 e. The van der Waals surface area contributed by atoms with Gasteiger partial charge in [0.25, 0.3) is 0 Å². The second-order valence-corrected chi connectivity index (χ2v) is 5.75. The molecule has 2 aromatic rings. The fraction of sp³-hybridized carbons (Fsp3) is 0.333. The number of thiazole rings is 1. The Hall–Kier alpha value is -1.92. The van der Waals surface area contributed by atoms with Gasteiger partial charge in [-0.1, -0.05) is 6.07 Å². The fourth-order valence-corrected chi connectivity index (χ4v) is 2.51. The van der Waals surface area contributed by atoms with Crippen LogP contribution in [-0.2, 0) is 11.3 Å². The number of anilines is 2. The first-order chi connectivity index (χ1) is 10.1. The van der Waals surface area contributed by atoms with E-state index in [9.17, 15) is 4.79 Å². The number of aromatic nitrogens is 1. The molecule has 1 heterocycles. The molecule has 0 bridgehead atoms. The minimum Gasteiger partial charge on any atom is -0.398 e. The van der Waals surface area contributed by atoms with Gasteiger partial charge in [-0.25, -0.2) is 4.98 Å². The SMILES string of the molecule is Cc1c(N)cccc1NC(=O)CCN(C)Cc1cscn1. The zero-order valence-electron chi connectivity index (χ0n) is 12.3. The lowest BCUT2D eigenvalue weighted by atomic mass is 10.1. The van der Waals surface area contributed by atoms with E-state index in [4.69, 9.17) is 5.73 Å². The molecule has 1 aromatic carbocycles. The summed E-state index contributed by atoms with van der Waals surface area (Å²) < 4.78 is 0. The fourth-order valence-electron chi connectivity index (χ4n) is 1.97. The molecule has 0 atom stereocenters. The Balaban J connectivity index is 1.80. The molecule has 2 rings (SSSR count). The lowest BCUT2D eigenvalue weighted by molar-refractivity contribution is -0.116. The minimum absolute atomic E-state index is 0.00571. The molecule has 0 radical (unpaired) electrons. The third-order valence-electron chi connectivity index (χ3n) is 3.29. The van der Waals surface area contributed by atoms with Gasteiger partial charge in [0.05, 0.1) is 11.2 Å². The smallest absolute Gasteiger partial charge is 0.225 e. The molecule has 0 unspecified atom stereocenters. The van der Waals surface area contributed by atoms with Gasteiger partial charge in [-0.3, -0.25) is 4.79 Å². The highest BCUT2D eigenvalue weighted by atomic mass is 32.1. The number of benzene rings is 1. The predicted molar refractivity (Wildman–Crippen MR) is 87.3 cm³/mol. The number of nitrogens with zero attached hydrogens (tertiary/aromatic N) is 2. The Kier molecular flexibility index (Phi) is 5.30. The van der Waals surface area contributed by atoms with Crippen molar-refractivity contribution in [1.29, 1.82) is 0 Å². The molecule has 0 saturated heterocycles. The first kappa shape index (κ1) is 15.5. The molecule has 0 aliphatic rings. The van der Waals surface area contributed by atoms with E-state index in [2.05, 4.69) is 15.2 Å². The third kappa shape index (κ3) is 4.54. The van der Waals surface area contributed by atoms with Gasteiger partial charge >= 0.3 is 0 Å². The Morgan fingerprint density at radius 3 is 3.00 bits per heavy atom. The summed E-state index contributed by atoms with van der Waals surface area (Å²) in [5.41, 5.74) is 11.1. The summed E-state index contributed by atoms with van der Waals surface area (Å²) in [6.45, 7) is 3.35. The quantitative estimate of drug-likeness (QED) is 0.804. The van der Waals surface area contributed by atoms with Gasteiger partial charge in [0, 0.05) is 36.3 Å². The molecule has 0 aliphatic carbocycles. The first-order valence-corrected chi connectivity index (χ1v) is 7.71. The molecular formula is C15H20N4OS. The highest BCUT2D eigenvalue weighted by Crippen LogP contribution is 2.20. The molecule has 0 spiro atoms. The highest BCUT2D eigenvalue weighted by molar-refractivity contribution is 7.07. The molecule has 21 heavy (non-hydrogen) atoms. The van der Waals surface area contributed by atoms with Crippen molar-refractivity contribution in [2.24, 2.45) is 0 Å². The van der Waals surface area contributed by atoms with E-state index in [0.717, 1.165) is 23.5 Å². The minimum atomic E-state index is -0.00571. The van der Waals surface area contributed by atoms with E-state index in [0.29, 0.717) is 18.7 Å². The highest BCUT2D eigenvalue weighted by Gasteiger charge is 2.08. The second kappa shape index (κ2) is 7.19. The number of hydrogen-bond acceptors (Lipinski definition) is 5. The van der Waals surface area contributed by atoms with Crippen LogP contribution in [0, 0.1) is 6.92 Å². The summed E-state index contributed by atoms with van der Waals surface area (Å²) in [7, 11) is 1.98. The Morgan fingerprint density at radius 2 is 2.29 bits per heavy atom. The van der Waals surface area contributed by atoms with Gasteiger partial charge in [-0.05, 0) is 31.7 Å². The number of nitrogen functional groups attached to an aromatic ring is 1. The average molecular weight is 304 g/mol. The monoisotopic (exact) mass is 304 g/mol. The number of carbonyl (C=O) groups is 1. The van der Waals surface area contributed by atoms with Crippen LogP contribution in [-0.4, -0.2) is 29.4 Å². The first-order valence-electron chi connectivity index (χ1n) is 6.77. The van der Waals surface area contributed by atoms with E-state index in [1.807, 2.05) is 43.1 Å². The van der Waals surface area contributed by atoms with E-state index in [1.165, 1.54) is 0 Å². The number of nitrogens with one attached hydrogen (secondary N) is 1. The third-order valence-corrected chi connectivity index (χ3v) is 3.92. The van der Waals surface area contributed by atoms with Gasteiger partial charge in [0.15, 0.2) is 0 Å². The Labute approximate surface area is 128 Å². The number of carbonyl (C=O) groups excluding carboxylic acids is 1. The van der Waals surface area contributed by atoms with Crippen molar-refractivity contribution < 1.29 is 4.79 Å². The van der Waals surface area contributed by atoms with Crippen LogP contribution in [0.1, 0.15) is 17.7 Å². The summed E-state index contributed by atoms with van der Waals surface area (Å²) in [5, 5.41) is 4.93. The summed E-state index contributed by atoms with van der Waals surface area (Å²) in [6.07, 6.45) is 0.439. The summed E-state index contributed by atoms with van der Waals surface area (Å²) in [5.74, 6) is -0.00571. The molecule has 0 fully saturated rings. The van der Waals surface area contributed by atoms with Crippen LogP contribution >= 0.6 is 11.3 Å². The molecule has 6 heteroatoms. The van der Waals surface area contributed by atoms with E-state index in [1.54, 1.807) is 11.3 Å². The van der Waals surface area contributed by atoms with Crippen molar-refractivity contribution in [2.75, 3.05) is 24.6 Å². The number of rotatable bonds is 6. The normalized spacial score (nSPS) is 10.8. The van der Waals surface area contributed by atoms with Gasteiger partial charge < -0.3 is 16.0 Å². The zero-order chi connectivity index (χ0) is 15.2. The van der Waals surface area contributed by atoms with Crippen LogP contribution in [0.25, 0.3) is 0 Å². The van der Waals surface area contributed by atoms with Crippen LogP contribution in [0.4, 0.5) is 11.4 Å². The van der Waals surface area contributed by atoms with E-state index < -0.39 is 0 Å². The molecule has 112 valence electrons. The lowest BCUT2D eigenvalue weighted by Gasteiger charge is -2.15. The van der Waals surface area contributed by atoms with Crippen molar-refractivity contribution >= 4 is 28.6 Å². The van der Waals surface area contributed by atoms with Crippen LogP contribution in [0.2, 0.25) is 0 Å². The number of nitrogens with two attached hydrogens (primary N) is 1. The van der Waals surface area contributed by atoms with Gasteiger partial charge in [0.2, 0.25) is 5.91 Å². The van der Waals surface area contributed by atoms with Gasteiger partial charge in [-0.15, -0.1) is 11.3 Å². The second-order valence-electron chi connectivity index (χ2n) is 5.04. The molecule has 5 nitrogen and oxygen atoms in total. The van der Waals surface area contributed by atoms with Crippen molar-refractivity contribution in [1.82, 2.24) is 9.88 Å². The largest absolute Gasteiger partial charge is 0.398 e. The van der Waals surface area contributed by atoms with Crippen LogP contribution < -0.4 is 11.1 Å². The van der Waals surface area contributed by atoms with Crippen molar-refractivity contribution in [3.63, 3.8) is 0 Å². The van der Waals surface area contributed by atoms with E-state index >= 15 is 0 Å². The summed E-state index contributed by atoms with van der Waals surface area (Å²) in [6, 6.07) is 5.53. The van der Waals surface area contributed by atoms with E-state index in [-0.39, 0.29) is 5.91 Å². The molecule has 3 N–H and O–H groups in total. The maximum atomic E-state index is 12.0. The number of amides is 1. The maximum absolute atomic E-state index is 12.0. The van der Waals surface area contributed by atoms with Crippen molar-refractivity contribution in [3.8, 4) is 0 Å². The van der Waals surface area contributed by atoms with Crippen LogP contribution in [0.5, 0.6) is 0 Å². The summed E-state index contributed by atoms with van der Waals surface area (Å²) in [4.78, 5) is 18.3. The van der Waals surface area contributed by atoms with Gasteiger partial charge in [0.1, 0.15) is 0 Å². The molecular weight excluding hydrogens is 284 g/mol. The zero-order valence-corrected chi connectivity index (χ0v) is 13.1. The Bertz CT molecular complexity index is 598. The number of hydrogen-bond donors (Lipinski definition) is 2. The lowest BCUT2D eigenvalue weighted by Crippen LogP contribution is -2.24. The summed E-state index contributed by atoms with van der Waals surface area (Å²) >= 11 is 1.58. The Morgan fingerprint density at radius 1 is 1.48 bits per heavy atom. The van der Waals surface area contributed by atoms with Crippen molar-refractivity contribution in [3.05, 3.63) is 40.3 Å². The predicted octanol–water partition coefficient (Wildman–Crippen LogP) is 2.49. The van der Waals surface area contributed by atoms with Gasteiger partial charge in [-0.2, -0.15) is 0 Å². The average Bonchev–Trinajstić information content (AvgIpc) is 2.94. The molecule has 0 aliphatic heterocycles.